The summed E-state index contributed by atoms with van der Waals surface area (Å²) in [6.07, 6.45) is 1.87. The van der Waals surface area contributed by atoms with Gasteiger partial charge in [-0.3, -0.25) is 4.90 Å². The zero-order valence-corrected chi connectivity index (χ0v) is 16.7. The maximum atomic E-state index is 6.59. The van der Waals surface area contributed by atoms with E-state index in [0.29, 0.717) is 0 Å². The smallest absolute Gasteiger partial charge is 0.161 e. The molecule has 0 amide bonds. The molecule has 27 heavy (non-hydrogen) atoms. The number of ether oxygens (including phenoxy) is 3. The van der Waals surface area contributed by atoms with Gasteiger partial charge in [0, 0.05) is 19.1 Å². The van der Waals surface area contributed by atoms with Gasteiger partial charge < -0.3 is 19.9 Å². The lowest BCUT2D eigenvalue weighted by molar-refractivity contribution is 0.148. The summed E-state index contributed by atoms with van der Waals surface area (Å²) in [7, 11) is 5.05. The lowest BCUT2D eigenvalue weighted by Crippen LogP contribution is -2.44. The Morgan fingerprint density at radius 3 is 2.48 bits per heavy atom. The zero-order valence-electron chi connectivity index (χ0n) is 16.7. The van der Waals surface area contributed by atoms with Gasteiger partial charge in [0.25, 0.3) is 0 Å². The highest BCUT2D eigenvalue weighted by Gasteiger charge is 2.32. The third kappa shape index (κ3) is 4.04. The van der Waals surface area contributed by atoms with Crippen LogP contribution >= 0.6 is 0 Å². The molecule has 0 spiro atoms. The van der Waals surface area contributed by atoms with Gasteiger partial charge in [-0.05, 0) is 53.8 Å². The summed E-state index contributed by atoms with van der Waals surface area (Å²) in [5, 5.41) is 0. The first-order valence-corrected chi connectivity index (χ1v) is 9.48. The molecule has 146 valence electrons. The minimum atomic E-state index is 0.0489. The number of hydrogen-bond acceptors (Lipinski definition) is 5. The summed E-state index contributed by atoms with van der Waals surface area (Å²) in [5.41, 5.74) is 10.4. The Morgan fingerprint density at radius 1 is 1.07 bits per heavy atom. The Labute approximate surface area is 162 Å². The summed E-state index contributed by atoms with van der Waals surface area (Å²) in [4.78, 5) is 2.47. The van der Waals surface area contributed by atoms with Crippen molar-refractivity contribution < 1.29 is 14.2 Å². The Bertz CT molecular complexity index is 778. The fraction of sp³-hybridized carbons (Fsp3) is 0.455. The highest BCUT2D eigenvalue weighted by molar-refractivity contribution is 5.50. The Kier molecular flexibility index (Phi) is 6.24. The van der Waals surface area contributed by atoms with E-state index in [4.69, 9.17) is 19.9 Å². The van der Waals surface area contributed by atoms with E-state index in [2.05, 4.69) is 36.1 Å². The van der Waals surface area contributed by atoms with E-state index in [1.807, 2.05) is 12.1 Å². The van der Waals surface area contributed by atoms with E-state index in [1.54, 1.807) is 21.3 Å². The van der Waals surface area contributed by atoms with Gasteiger partial charge in [-0.2, -0.15) is 0 Å². The molecule has 5 nitrogen and oxygen atoms in total. The summed E-state index contributed by atoms with van der Waals surface area (Å²) in [6, 6.07) is 12.6. The monoisotopic (exact) mass is 370 g/mol. The second kappa shape index (κ2) is 8.63. The molecule has 2 aromatic carbocycles. The van der Waals surface area contributed by atoms with Gasteiger partial charge in [0.05, 0.1) is 27.4 Å². The third-order valence-corrected chi connectivity index (χ3v) is 5.42. The lowest BCUT2D eigenvalue weighted by atomic mass is 9.86. The van der Waals surface area contributed by atoms with E-state index in [1.165, 1.54) is 16.7 Å². The Balaban J connectivity index is 1.96. The first kappa shape index (κ1) is 19.5. The van der Waals surface area contributed by atoms with Crippen molar-refractivity contribution in [3.8, 4) is 17.2 Å². The van der Waals surface area contributed by atoms with Gasteiger partial charge in [-0.25, -0.2) is 0 Å². The van der Waals surface area contributed by atoms with E-state index >= 15 is 0 Å². The largest absolute Gasteiger partial charge is 0.497 e. The van der Waals surface area contributed by atoms with Crippen molar-refractivity contribution in [1.29, 1.82) is 0 Å². The van der Waals surface area contributed by atoms with Crippen LogP contribution in [0.4, 0.5) is 0 Å². The van der Waals surface area contributed by atoms with Gasteiger partial charge in [-0.1, -0.05) is 19.1 Å². The molecule has 1 aliphatic rings. The standard InChI is InChI=1S/C22H30N2O3/c1-5-19(23)22-18-13-21(27-4)20(26-3)12-16(18)9-10-24(22)14-15-7-6-8-17(11-15)25-2/h6-8,11-13,19,22H,5,9-10,14,23H2,1-4H3/t19-,22-/m1/s1. The molecule has 1 heterocycles. The topological polar surface area (TPSA) is 57.0 Å². The number of hydrogen-bond donors (Lipinski definition) is 1. The second-order valence-corrected chi connectivity index (χ2v) is 6.99. The SMILES string of the molecule is CC[C@@H](N)[C@H]1c2cc(OC)c(OC)cc2CCN1Cc1cccc(OC)c1. The molecule has 0 bridgehead atoms. The van der Waals surface area contributed by atoms with Gasteiger partial charge in [0.2, 0.25) is 0 Å². The van der Waals surface area contributed by atoms with Crippen LogP contribution in [0.2, 0.25) is 0 Å². The molecule has 0 aromatic heterocycles. The van der Waals surface area contributed by atoms with Crippen LogP contribution in [0, 0.1) is 0 Å². The summed E-state index contributed by atoms with van der Waals surface area (Å²) >= 11 is 0. The van der Waals surface area contributed by atoms with E-state index in [9.17, 15) is 0 Å². The first-order chi connectivity index (χ1) is 13.1. The van der Waals surface area contributed by atoms with Crippen molar-refractivity contribution in [3.05, 3.63) is 53.1 Å². The normalized spacial score (nSPS) is 17.9. The zero-order chi connectivity index (χ0) is 19.4. The highest BCUT2D eigenvalue weighted by atomic mass is 16.5. The van der Waals surface area contributed by atoms with E-state index < -0.39 is 0 Å². The number of methoxy groups -OCH3 is 3. The van der Waals surface area contributed by atoms with Crippen LogP contribution in [0.15, 0.2) is 36.4 Å². The van der Waals surface area contributed by atoms with Crippen LogP contribution in [-0.4, -0.2) is 38.8 Å². The molecule has 2 atom stereocenters. The average Bonchev–Trinajstić information content (AvgIpc) is 2.72. The molecule has 0 saturated heterocycles. The van der Waals surface area contributed by atoms with Crippen molar-refractivity contribution in [2.75, 3.05) is 27.9 Å². The minimum Gasteiger partial charge on any atom is -0.497 e. The number of nitrogens with two attached hydrogens (primary N) is 1. The van der Waals surface area contributed by atoms with E-state index in [-0.39, 0.29) is 12.1 Å². The van der Waals surface area contributed by atoms with Gasteiger partial charge in [0.1, 0.15) is 5.75 Å². The number of fused-ring (bicyclic) bond motifs is 1. The van der Waals surface area contributed by atoms with Crippen LogP contribution in [0.3, 0.4) is 0 Å². The Morgan fingerprint density at radius 2 is 1.81 bits per heavy atom. The molecule has 3 rings (SSSR count). The molecule has 0 aliphatic carbocycles. The van der Waals surface area contributed by atoms with Crippen molar-refractivity contribution >= 4 is 0 Å². The van der Waals surface area contributed by atoms with Gasteiger partial charge >= 0.3 is 0 Å². The van der Waals surface area contributed by atoms with Gasteiger partial charge in [-0.15, -0.1) is 0 Å². The molecule has 0 unspecified atom stereocenters. The number of rotatable bonds is 7. The summed E-state index contributed by atoms with van der Waals surface area (Å²) < 4.78 is 16.4. The van der Waals surface area contributed by atoms with Crippen molar-refractivity contribution in [2.24, 2.45) is 5.73 Å². The molecule has 2 N–H and O–H groups in total. The maximum absolute atomic E-state index is 6.59. The van der Waals surface area contributed by atoms with Crippen LogP contribution in [0.5, 0.6) is 17.2 Å². The second-order valence-electron chi connectivity index (χ2n) is 6.99. The first-order valence-electron chi connectivity index (χ1n) is 9.48. The van der Waals surface area contributed by atoms with Crippen molar-refractivity contribution in [1.82, 2.24) is 4.90 Å². The number of benzene rings is 2. The molecule has 2 aromatic rings. The van der Waals surface area contributed by atoms with Crippen LogP contribution in [0.25, 0.3) is 0 Å². The molecule has 0 saturated carbocycles. The average molecular weight is 370 g/mol. The van der Waals surface area contributed by atoms with Crippen molar-refractivity contribution in [2.45, 2.75) is 38.4 Å². The fourth-order valence-electron chi connectivity index (χ4n) is 3.94. The van der Waals surface area contributed by atoms with Gasteiger partial charge in [0.15, 0.2) is 11.5 Å². The molecule has 1 aliphatic heterocycles. The summed E-state index contributed by atoms with van der Waals surface area (Å²) in [5.74, 6) is 2.42. The highest BCUT2D eigenvalue weighted by Crippen LogP contribution is 2.40. The summed E-state index contributed by atoms with van der Waals surface area (Å²) in [6.45, 7) is 3.94. The van der Waals surface area contributed by atoms with E-state index in [0.717, 1.165) is 43.2 Å². The van der Waals surface area contributed by atoms with Crippen LogP contribution in [-0.2, 0) is 13.0 Å². The lowest BCUT2D eigenvalue weighted by Gasteiger charge is -2.40. The Hall–Kier alpha value is -2.24. The molecule has 0 radical (unpaired) electrons. The number of nitrogens with zero attached hydrogens (tertiary/aromatic N) is 1. The molecule has 5 heteroatoms. The van der Waals surface area contributed by atoms with Crippen LogP contribution < -0.4 is 19.9 Å². The van der Waals surface area contributed by atoms with Crippen molar-refractivity contribution in [3.63, 3.8) is 0 Å². The van der Waals surface area contributed by atoms with Crippen LogP contribution in [0.1, 0.15) is 36.1 Å². The molecule has 0 fully saturated rings. The predicted molar refractivity (Wildman–Crippen MR) is 108 cm³/mol. The third-order valence-electron chi connectivity index (χ3n) is 5.42. The molecular weight excluding hydrogens is 340 g/mol. The fourth-order valence-corrected chi connectivity index (χ4v) is 3.94. The quantitative estimate of drug-likeness (QED) is 0.808. The minimum absolute atomic E-state index is 0.0489. The maximum Gasteiger partial charge on any atom is 0.161 e. The molecular formula is C22H30N2O3. The predicted octanol–water partition coefficient (Wildman–Crippen LogP) is 3.55.